The minimum Gasteiger partial charge on any atom is -0.497 e. The van der Waals surface area contributed by atoms with Crippen molar-refractivity contribution in [1.29, 1.82) is 0 Å². The van der Waals surface area contributed by atoms with Gasteiger partial charge in [0.25, 0.3) is 0 Å². The summed E-state index contributed by atoms with van der Waals surface area (Å²) in [6.45, 7) is 23.5. The summed E-state index contributed by atoms with van der Waals surface area (Å²) in [5, 5.41) is 11.4. The molecule has 1 aliphatic heterocycles. The van der Waals surface area contributed by atoms with E-state index in [2.05, 4.69) is 61.5 Å². The highest BCUT2D eigenvalue weighted by Gasteiger charge is 2.63. The molecule has 326 valence electrons. The Morgan fingerprint density at radius 1 is 0.883 bits per heavy atom. The maximum absolute atomic E-state index is 12.9. The van der Waals surface area contributed by atoms with Gasteiger partial charge in [-0.1, -0.05) is 76.5 Å². The molecule has 5 aliphatic rings. The molecule has 0 saturated heterocycles. The predicted molar refractivity (Wildman–Crippen MR) is 244 cm³/mol. The minimum absolute atomic E-state index is 0.0465. The Morgan fingerprint density at radius 3 is 2.23 bits per heavy atom. The molecule has 0 spiro atoms. The molecule has 1 aromatic heterocycles. The molecule has 60 heavy (non-hydrogen) atoms. The van der Waals surface area contributed by atoms with E-state index in [0.717, 1.165) is 23.8 Å². The van der Waals surface area contributed by atoms with Gasteiger partial charge in [0.1, 0.15) is 45.1 Å². The smallest absolute Gasteiger partial charge is 0.347 e. The van der Waals surface area contributed by atoms with Crippen LogP contribution in [-0.4, -0.2) is 38.1 Å². The molecule has 4 aliphatic carbocycles. The fourth-order valence-electron chi connectivity index (χ4n) is 13.0. The van der Waals surface area contributed by atoms with Crippen LogP contribution in [0.15, 0.2) is 68.4 Å². The second kappa shape index (κ2) is 16.1. The molecule has 0 radical (unpaired) electrons. The second-order valence-corrected chi connectivity index (χ2v) is 20.8. The number of hydrogen-bond donors (Lipinski definition) is 1. The molecule has 0 bridgehead atoms. The van der Waals surface area contributed by atoms with Crippen LogP contribution in [0.3, 0.4) is 0 Å². The van der Waals surface area contributed by atoms with Crippen LogP contribution >= 0.6 is 0 Å². The first-order chi connectivity index (χ1) is 28.3. The number of rotatable bonds is 8. The number of benzene rings is 2. The first-order valence-electron chi connectivity index (χ1n) is 22.6. The number of aliphatic hydroxyl groups excluding tert-OH is 1. The third kappa shape index (κ3) is 7.22. The number of ether oxygens (including phenoxy) is 4. The van der Waals surface area contributed by atoms with E-state index in [0.29, 0.717) is 67.3 Å². The normalized spacial score (nSPS) is 30.1. The highest BCUT2D eigenvalue weighted by Crippen LogP contribution is 2.72. The van der Waals surface area contributed by atoms with Crippen molar-refractivity contribution in [2.24, 2.45) is 39.4 Å². The van der Waals surface area contributed by atoms with Gasteiger partial charge in [-0.2, -0.15) is 0 Å². The lowest BCUT2D eigenvalue weighted by molar-refractivity contribution is -0.0962. The lowest BCUT2D eigenvalue weighted by Crippen LogP contribution is -2.55. The van der Waals surface area contributed by atoms with Gasteiger partial charge in [0, 0.05) is 6.07 Å². The Balaban J connectivity index is 0.000000182. The van der Waals surface area contributed by atoms with Crippen LogP contribution in [0, 0.1) is 39.4 Å². The molecule has 2 fully saturated rings. The van der Waals surface area contributed by atoms with E-state index in [-0.39, 0.29) is 11.5 Å². The molecule has 2 aromatic carbocycles. The third-order valence-corrected chi connectivity index (χ3v) is 16.6. The Morgan fingerprint density at radius 2 is 1.58 bits per heavy atom. The van der Waals surface area contributed by atoms with Crippen LogP contribution in [0.25, 0.3) is 28.2 Å². The largest absolute Gasteiger partial charge is 0.497 e. The van der Waals surface area contributed by atoms with Crippen molar-refractivity contribution in [3.63, 3.8) is 0 Å². The average Bonchev–Trinajstić information content (AvgIpc) is 3.48. The van der Waals surface area contributed by atoms with Crippen molar-refractivity contribution in [3.8, 4) is 34.1 Å². The van der Waals surface area contributed by atoms with E-state index in [4.69, 9.17) is 23.4 Å². The van der Waals surface area contributed by atoms with Gasteiger partial charge in [-0.25, -0.2) is 4.79 Å². The minimum atomic E-state index is -0.507. The van der Waals surface area contributed by atoms with Crippen LogP contribution < -0.4 is 24.6 Å². The van der Waals surface area contributed by atoms with Gasteiger partial charge >= 0.3 is 5.63 Å². The molecule has 3 aromatic rings. The zero-order chi connectivity index (χ0) is 43.6. The summed E-state index contributed by atoms with van der Waals surface area (Å²) in [6, 6.07) is 8.84. The topological polar surface area (TPSA) is 87.4 Å². The summed E-state index contributed by atoms with van der Waals surface area (Å²) < 4.78 is 28.3. The number of methoxy groups -OCH3 is 3. The van der Waals surface area contributed by atoms with Crippen LogP contribution in [0.5, 0.6) is 23.0 Å². The third-order valence-electron chi connectivity index (χ3n) is 16.6. The van der Waals surface area contributed by atoms with E-state index < -0.39 is 11.2 Å². The number of aliphatic hydroxyl groups is 1. The quantitative estimate of drug-likeness (QED) is 0.179. The molecule has 1 N–H and O–H groups in total. The molecule has 7 heteroatoms. The van der Waals surface area contributed by atoms with E-state index in [1.165, 1.54) is 70.5 Å². The van der Waals surface area contributed by atoms with Crippen molar-refractivity contribution in [3.05, 3.63) is 75.2 Å². The summed E-state index contributed by atoms with van der Waals surface area (Å²) >= 11 is 0. The summed E-state index contributed by atoms with van der Waals surface area (Å²) in [5.41, 5.74) is 7.52. The molecule has 0 amide bonds. The van der Waals surface area contributed by atoms with Crippen LogP contribution in [0.4, 0.5) is 0 Å². The fourth-order valence-corrected chi connectivity index (χ4v) is 13.0. The summed E-state index contributed by atoms with van der Waals surface area (Å²) in [4.78, 5) is 12.9. The zero-order valence-electron chi connectivity index (χ0n) is 38.9. The summed E-state index contributed by atoms with van der Waals surface area (Å²) in [5.74, 6) is 4.51. The Labute approximate surface area is 359 Å². The van der Waals surface area contributed by atoms with Crippen molar-refractivity contribution in [2.75, 3.05) is 21.3 Å². The maximum Gasteiger partial charge on any atom is 0.347 e. The second-order valence-electron chi connectivity index (χ2n) is 20.8. The predicted octanol–water partition coefficient (Wildman–Crippen LogP) is 13.1. The van der Waals surface area contributed by atoms with E-state index in [9.17, 15) is 9.90 Å². The van der Waals surface area contributed by atoms with E-state index in [1.54, 1.807) is 44.6 Å². The van der Waals surface area contributed by atoms with Crippen molar-refractivity contribution < 1.29 is 28.5 Å². The first kappa shape index (κ1) is 44.1. The lowest BCUT2D eigenvalue weighted by Gasteiger charge is -2.62. The molecule has 7 unspecified atom stereocenters. The standard InChI is InChI=1S/C30H50O.C23H22O6/c1-20(2)10-9-11-21(3)22-14-18-30(8)24-12-13-25-27(4,5)26(31)16-17-28(25,6)23(24)15-19-29(22,30)7;1-23(2)11-10-15-16(29-23)12-17-19(20(15)26-4)21(27-5)18(22(24)28-17)13-6-8-14(25-3)9-7-13/h10,21-22,25-26,31H,9,11-19H2,1-8H3;6-12H,1-5H3. The maximum atomic E-state index is 12.9. The molecule has 2 saturated carbocycles. The van der Waals surface area contributed by atoms with Crippen molar-refractivity contribution in [1.82, 2.24) is 0 Å². The lowest BCUT2D eigenvalue weighted by atomic mass is 9.43. The highest BCUT2D eigenvalue weighted by molar-refractivity contribution is 5.99. The molecular weight excluding hydrogens is 749 g/mol. The Kier molecular flexibility index (Phi) is 11.8. The van der Waals surface area contributed by atoms with Gasteiger partial charge in [0.2, 0.25) is 0 Å². The molecular formula is C53H72O7. The fraction of sp³-hybridized carbons (Fsp3) is 0.604. The zero-order valence-corrected chi connectivity index (χ0v) is 38.9. The van der Waals surface area contributed by atoms with E-state index in [1.807, 2.05) is 37.1 Å². The number of fused-ring (bicyclic) bond motifs is 6. The van der Waals surface area contributed by atoms with Gasteiger partial charge in [-0.3, -0.25) is 0 Å². The van der Waals surface area contributed by atoms with Crippen LogP contribution in [-0.2, 0) is 0 Å². The van der Waals surface area contributed by atoms with E-state index >= 15 is 0 Å². The van der Waals surface area contributed by atoms with Gasteiger partial charge in [0.15, 0.2) is 0 Å². The molecule has 7 atom stereocenters. The summed E-state index contributed by atoms with van der Waals surface area (Å²) in [7, 11) is 4.68. The molecule has 7 nitrogen and oxygen atoms in total. The SMILES string of the molecule is CC(C)=CCCC(C)C1CCC2(C)C3=C(CCC12C)C1(C)CCC(O)C(C)(C)C1CC3.COc1ccc(-c2c(OC)c3c(OC)c4c(cc3oc2=O)OC(C)(C)C=C4)cc1. The average molecular weight is 821 g/mol. The highest BCUT2D eigenvalue weighted by atomic mass is 16.5. The summed E-state index contributed by atoms with van der Waals surface area (Å²) in [6.07, 6.45) is 19.1. The Hall–Kier alpha value is -3.97. The van der Waals surface area contributed by atoms with Crippen LogP contribution in [0.1, 0.15) is 139 Å². The molecule has 8 rings (SSSR count). The van der Waals surface area contributed by atoms with Gasteiger partial charge in [0.05, 0.1) is 33.0 Å². The first-order valence-corrected chi connectivity index (χ1v) is 22.6. The van der Waals surface area contributed by atoms with Gasteiger partial charge in [-0.05, 0) is 161 Å². The molecule has 2 heterocycles. The van der Waals surface area contributed by atoms with Crippen molar-refractivity contribution in [2.45, 2.75) is 145 Å². The number of hydrogen-bond acceptors (Lipinski definition) is 7. The Bertz CT molecular complexity index is 2250. The van der Waals surface area contributed by atoms with Crippen molar-refractivity contribution >= 4 is 17.0 Å². The van der Waals surface area contributed by atoms with Crippen LogP contribution in [0.2, 0.25) is 0 Å². The van der Waals surface area contributed by atoms with Gasteiger partial charge in [-0.15, -0.1) is 0 Å². The number of allylic oxidation sites excluding steroid dienone is 4. The monoisotopic (exact) mass is 821 g/mol. The van der Waals surface area contributed by atoms with Gasteiger partial charge < -0.3 is 28.5 Å².